The van der Waals surface area contributed by atoms with Gasteiger partial charge in [-0.1, -0.05) is 5.16 Å². The third-order valence-electron chi connectivity index (χ3n) is 4.56. The first-order valence-corrected chi connectivity index (χ1v) is 10.8. The summed E-state index contributed by atoms with van der Waals surface area (Å²) in [5, 5.41) is 7.24. The molecule has 8 nitrogen and oxygen atoms in total. The summed E-state index contributed by atoms with van der Waals surface area (Å²) in [7, 11) is -3.59. The van der Waals surface area contributed by atoms with Crippen LogP contribution in [0.3, 0.4) is 0 Å². The summed E-state index contributed by atoms with van der Waals surface area (Å²) in [5.41, 5.74) is 2.35. The number of benzene rings is 1. The minimum absolute atomic E-state index is 0.0404. The van der Waals surface area contributed by atoms with Gasteiger partial charge in [0.15, 0.2) is 0 Å². The Morgan fingerprint density at radius 2 is 1.96 bits per heavy atom. The average Bonchev–Trinajstić information content (AvgIpc) is 2.99. The molecule has 2 aromatic rings. The minimum atomic E-state index is -3.59. The molecule has 0 bridgehead atoms. The largest absolute Gasteiger partial charge is 0.489 e. The van der Waals surface area contributed by atoms with Crippen LogP contribution in [0.1, 0.15) is 30.9 Å². The van der Waals surface area contributed by atoms with E-state index in [0.717, 1.165) is 17.0 Å². The van der Waals surface area contributed by atoms with Crippen molar-refractivity contribution in [2.24, 2.45) is 0 Å². The van der Waals surface area contributed by atoms with Gasteiger partial charge >= 0.3 is 0 Å². The van der Waals surface area contributed by atoms with Gasteiger partial charge < -0.3 is 19.3 Å². The molecular formula is C19H27N3O5S. The van der Waals surface area contributed by atoms with Gasteiger partial charge in [0.2, 0.25) is 10.0 Å². The van der Waals surface area contributed by atoms with E-state index in [2.05, 4.69) is 10.5 Å². The molecule has 1 saturated heterocycles. The van der Waals surface area contributed by atoms with Gasteiger partial charge in [-0.05, 0) is 45.9 Å². The Kier molecular flexibility index (Phi) is 6.26. The van der Waals surface area contributed by atoms with Crippen LogP contribution in [0.15, 0.2) is 27.6 Å². The third kappa shape index (κ3) is 4.48. The number of morpholine rings is 1. The van der Waals surface area contributed by atoms with Crippen LogP contribution in [0.25, 0.3) is 0 Å². The van der Waals surface area contributed by atoms with E-state index in [4.69, 9.17) is 14.0 Å². The normalized spacial score (nSPS) is 15.8. The number of hydrogen-bond donors (Lipinski definition) is 1. The molecule has 1 N–H and O–H groups in total. The molecule has 3 rings (SSSR count). The highest BCUT2D eigenvalue weighted by Gasteiger charge is 2.27. The van der Waals surface area contributed by atoms with Crippen LogP contribution in [0.2, 0.25) is 0 Å². The number of aromatic nitrogens is 1. The Morgan fingerprint density at radius 3 is 2.57 bits per heavy atom. The lowest BCUT2D eigenvalue weighted by atomic mass is 10.2. The number of hydrogen-bond acceptors (Lipinski definition) is 7. The Bertz CT molecular complexity index is 898. The lowest BCUT2D eigenvalue weighted by molar-refractivity contribution is 0.0730. The van der Waals surface area contributed by atoms with E-state index >= 15 is 0 Å². The van der Waals surface area contributed by atoms with Crippen LogP contribution in [-0.2, 0) is 21.3 Å². The molecule has 1 fully saturated rings. The Balaban J connectivity index is 1.90. The highest BCUT2D eigenvalue weighted by atomic mass is 32.2. The van der Waals surface area contributed by atoms with Gasteiger partial charge in [0, 0.05) is 25.2 Å². The van der Waals surface area contributed by atoms with Crippen molar-refractivity contribution in [2.75, 3.05) is 31.6 Å². The fraction of sp³-hybridized carbons (Fsp3) is 0.526. The number of nitrogens with zero attached hydrogens (tertiary/aromatic N) is 2. The molecule has 9 heteroatoms. The van der Waals surface area contributed by atoms with Crippen molar-refractivity contribution in [1.82, 2.24) is 9.46 Å². The first-order valence-electron chi connectivity index (χ1n) is 9.33. The maximum atomic E-state index is 13.0. The zero-order valence-electron chi connectivity index (χ0n) is 16.7. The number of anilines is 1. The van der Waals surface area contributed by atoms with Crippen molar-refractivity contribution in [3.05, 3.63) is 35.2 Å². The lowest BCUT2D eigenvalue weighted by Crippen LogP contribution is -2.40. The lowest BCUT2D eigenvalue weighted by Gasteiger charge is -2.26. The summed E-state index contributed by atoms with van der Waals surface area (Å²) in [4.78, 5) is 0.228. The molecule has 0 radical (unpaired) electrons. The molecular weight excluding hydrogens is 382 g/mol. The number of ether oxygens (including phenoxy) is 2. The molecule has 0 amide bonds. The van der Waals surface area contributed by atoms with Crippen LogP contribution in [0.5, 0.6) is 5.75 Å². The van der Waals surface area contributed by atoms with E-state index in [1.807, 2.05) is 27.7 Å². The number of rotatable bonds is 7. The quantitative estimate of drug-likeness (QED) is 0.751. The predicted octanol–water partition coefficient (Wildman–Crippen LogP) is 2.71. The van der Waals surface area contributed by atoms with E-state index < -0.39 is 10.0 Å². The van der Waals surface area contributed by atoms with Crippen molar-refractivity contribution < 1.29 is 22.4 Å². The minimum Gasteiger partial charge on any atom is -0.489 e. The monoisotopic (exact) mass is 409 g/mol. The first-order chi connectivity index (χ1) is 13.3. The van der Waals surface area contributed by atoms with Gasteiger partial charge in [-0.2, -0.15) is 4.31 Å². The summed E-state index contributed by atoms with van der Waals surface area (Å²) in [5.74, 6) is 1.33. The van der Waals surface area contributed by atoms with Crippen molar-refractivity contribution in [1.29, 1.82) is 0 Å². The van der Waals surface area contributed by atoms with Crippen molar-refractivity contribution >= 4 is 15.7 Å². The SMILES string of the molecule is Cc1noc(C)c1CNc1cc(S(=O)(=O)N2CCOCC2)ccc1OC(C)C. The van der Waals surface area contributed by atoms with Gasteiger partial charge in [-0.25, -0.2) is 8.42 Å². The average molecular weight is 410 g/mol. The molecule has 1 aromatic heterocycles. The third-order valence-corrected chi connectivity index (χ3v) is 6.45. The Labute approximate surface area is 165 Å². The van der Waals surface area contributed by atoms with Crippen molar-refractivity contribution in [3.63, 3.8) is 0 Å². The first kappa shape index (κ1) is 20.6. The van der Waals surface area contributed by atoms with E-state index in [1.54, 1.807) is 18.2 Å². The van der Waals surface area contributed by atoms with Gasteiger partial charge in [-0.3, -0.25) is 0 Å². The Hall–Kier alpha value is -2.10. The van der Waals surface area contributed by atoms with Crippen LogP contribution >= 0.6 is 0 Å². The molecule has 0 unspecified atom stereocenters. The molecule has 28 heavy (non-hydrogen) atoms. The molecule has 1 aromatic carbocycles. The van der Waals surface area contributed by atoms with Crippen molar-refractivity contribution in [3.8, 4) is 5.75 Å². The fourth-order valence-electron chi connectivity index (χ4n) is 3.04. The summed E-state index contributed by atoms with van der Waals surface area (Å²) >= 11 is 0. The van der Waals surface area contributed by atoms with E-state index in [-0.39, 0.29) is 11.0 Å². The second kappa shape index (κ2) is 8.50. The molecule has 0 aliphatic carbocycles. The van der Waals surface area contributed by atoms with Gasteiger partial charge in [0.05, 0.1) is 35.6 Å². The van der Waals surface area contributed by atoms with Crippen LogP contribution in [-0.4, -0.2) is 50.3 Å². The topological polar surface area (TPSA) is 93.9 Å². The Morgan fingerprint density at radius 1 is 1.25 bits per heavy atom. The zero-order valence-corrected chi connectivity index (χ0v) is 17.5. The molecule has 0 spiro atoms. The fourth-order valence-corrected chi connectivity index (χ4v) is 4.47. The molecule has 0 saturated carbocycles. The maximum Gasteiger partial charge on any atom is 0.243 e. The molecule has 154 valence electrons. The van der Waals surface area contributed by atoms with Gasteiger partial charge in [0.1, 0.15) is 11.5 Å². The summed E-state index contributed by atoms with van der Waals surface area (Å²) in [6.07, 6.45) is -0.0404. The maximum absolute atomic E-state index is 13.0. The van der Waals surface area contributed by atoms with Gasteiger partial charge in [0.25, 0.3) is 0 Å². The second-order valence-corrected chi connectivity index (χ2v) is 8.94. The molecule has 2 heterocycles. The summed E-state index contributed by atoms with van der Waals surface area (Å²) in [6, 6.07) is 4.91. The molecule has 0 atom stereocenters. The smallest absolute Gasteiger partial charge is 0.243 e. The molecule has 1 aliphatic heterocycles. The van der Waals surface area contributed by atoms with E-state index in [9.17, 15) is 8.42 Å². The van der Waals surface area contributed by atoms with E-state index in [1.165, 1.54) is 4.31 Å². The summed E-state index contributed by atoms with van der Waals surface area (Å²) < 4.78 is 43.8. The van der Waals surface area contributed by atoms with Crippen LogP contribution < -0.4 is 10.1 Å². The van der Waals surface area contributed by atoms with E-state index in [0.29, 0.717) is 44.3 Å². The second-order valence-electron chi connectivity index (χ2n) is 7.00. The van der Waals surface area contributed by atoms with Crippen molar-refractivity contribution in [2.45, 2.75) is 45.2 Å². The zero-order chi connectivity index (χ0) is 20.3. The van der Waals surface area contributed by atoms with Crippen LogP contribution in [0, 0.1) is 13.8 Å². The predicted molar refractivity (Wildman–Crippen MR) is 105 cm³/mol. The van der Waals surface area contributed by atoms with Crippen LogP contribution in [0.4, 0.5) is 5.69 Å². The summed E-state index contributed by atoms with van der Waals surface area (Å²) in [6.45, 7) is 9.56. The highest BCUT2D eigenvalue weighted by Crippen LogP contribution is 2.31. The number of aryl methyl sites for hydroxylation is 2. The number of sulfonamides is 1. The number of nitrogens with one attached hydrogen (secondary N) is 1. The standard InChI is InChI=1S/C19H27N3O5S/c1-13(2)26-19-6-5-16(28(23,24)22-7-9-25-10-8-22)11-18(19)20-12-17-14(3)21-27-15(17)4/h5-6,11,13,20H,7-10,12H2,1-4H3. The molecule has 1 aliphatic rings. The van der Waals surface area contributed by atoms with Gasteiger partial charge in [-0.15, -0.1) is 0 Å². The highest BCUT2D eigenvalue weighted by molar-refractivity contribution is 7.89.